The summed E-state index contributed by atoms with van der Waals surface area (Å²) in [5.41, 5.74) is -4.88. The molecule has 0 spiro atoms. The van der Waals surface area contributed by atoms with E-state index < -0.39 is 145 Å². The van der Waals surface area contributed by atoms with Gasteiger partial charge in [-0.1, -0.05) is 30.2 Å². The lowest BCUT2D eigenvalue weighted by Gasteiger charge is -2.29. The Labute approximate surface area is 222 Å². The van der Waals surface area contributed by atoms with Gasteiger partial charge in [-0.3, -0.25) is 24.6 Å². The molecule has 3 aliphatic rings. The molecule has 8 nitrogen and oxygen atoms in total. The summed E-state index contributed by atoms with van der Waals surface area (Å²) in [5, 5.41) is 1.94. The van der Waals surface area contributed by atoms with Gasteiger partial charge in [0.2, 0.25) is 11.8 Å². The maximum atomic E-state index is 13.6. The van der Waals surface area contributed by atoms with Crippen molar-refractivity contribution in [1.82, 2.24) is 15.1 Å². The van der Waals surface area contributed by atoms with Gasteiger partial charge in [0.05, 0.1) is 40.2 Å². The van der Waals surface area contributed by atoms with E-state index in [0.29, 0.717) is 4.90 Å². The third kappa shape index (κ3) is 4.62. The van der Waals surface area contributed by atoms with Crippen molar-refractivity contribution in [3.05, 3.63) is 64.6 Å². The number of amides is 3. The van der Waals surface area contributed by atoms with E-state index in [-0.39, 0.29) is 12.8 Å². The number of fused-ring (bicyclic) bond motifs is 1. The highest BCUT2D eigenvalue weighted by atomic mass is 16.5. The number of rotatable bonds is 6. The molecule has 0 saturated carbocycles. The summed E-state index contributed by atoms with van der Waals surface area (Å²) in [4.78, 5) is 37.7. The topological polar surface area (TPSA) is 88.2 Å². The number of benzene rings is 2. The lowest BCUT2D eigenvalue weighted by molar-refractivity contribution is -0.136. The first-order valence-electron chi connectivity index (χ1n) is 19.9. The Morgan fingerprint density at radius 1 is 1.12 bits per heavy atom. The van der Waals surface area contributed by atoms with Crippen LogP contribution in [-0.4, -0.2) is 59.7 Å². The number of hydrogen-bond donors (Lipinski definition) is 1. The maximum absolute atomic E-state index is 13.6. The van der Waals surface area contributed by atoms with Crippen LogP contribution in [0.1, 0.15) is 68.7 Å². The largest absolute Gasteiger partial charge is 0.489 e. The number of carbonyl (C=O) groups is 3. The Bertz CT molecular complexity index is 1970. The van der Waals surface area contributed by atoms with Crippen molar-refractivity contribution in [2.24, 2.45) is 0 Å². The molecular weight excluding hydrogens is 422 g/mol. The van der Waals surface area contributed by atoms with Gasteiger partial charge in [-0.15, -0.1) is 0 Å². The number of hydrogen-bond acceptors (Lipinski definition) is 6. The number of morpholine rings is 1. The molecule has 2 aromatic carbocycles. The van der Waals surface area contributed by atoms with Gasteiger partial charge in [-0.2, -0.15) is 0 Å². The van der Waals surface area contributed by atoms with E-state index in [1.807, 2.05) is 5.32 Å². The van der Waals surface area contributed by atoms with E-state index in [9.17, 15) is 14.4 Å². The highest BCUT2D eigenvalue weighted by molar-refractivity contribution is 6.05. The summed E-state index contributed by atoms with van der Waals surface area (Å²) in [6.07, 6.45) is -0.723. The molecule has 2 saturated heterocycles. The van der Waals surface area contributed by atoms with Gasteiger partial charge >= 0.3 is 0 Å². The Morgan fingerprint density at radius 2 is 1.88 bits per heavy atom. The Balaban J connectivity index is 1.68. The van der Waals surface area contributed by atoms with Gasteiger partial charge in [0.25, 0.3) is 5.91 Å². The number of nitrogens with zero attached hydrogens (tertiary/aromatic N) is 2. The summed E-state index contributed by atoms with van der Waals surface area (Å²) >= 11 is 0. The van der Waals surface area contributed by atoms with E-state index in [4.69, 9.17) is 33.5 Å². The van der Waals surface area contributed by atoms with E-state index >= 15 is 0 Å². The molecule has 0 aromatic heterocycles. The molecule has 0 radical (unpaired) electrons. The number of ether oxygens (including phenoxy) is 2. The highest BCUT2D eigenvalue weighted by Crippen LogP contribution is 2.34. The molecule has 3 amide bonds. The van der Waals surface area contributed by atoms with E-state index in [1.165, 1.54) is 0 Å². The van der Waals surface area contributed by atoms with Crippen LogP contribution in [0.5, 0.6) is 5.75 Å². The van der Waals surface area contributed by atoms with Crippen molar-refractivity contribution >= 4 is 17.7 Å². The zero-order chi connectivity index (χ0) is 41.4. The van der Waals surface area contributed by atoms with Crippen LogP contribution in [-0.2, 0) is 33.9 Å². The monoisotopic (exact) mass is 470 g/mol. The minimum Gasteiger partial charge on any atom is -0.489 e. The van der Waals surface area contributed by atoms with Crippen molar-refractivity contribution in [1.29, 1.82) is 0 Å². The van der Waals surface area contributed by atoms with Crippen molar-refractivity contribution in [2.45, 2.75) is 38.4 Å². The molecule has 2 aromatic rings. The Kier molecular flexibility index (Phi) is 2.32. The average molecular weight is 471 g/mol. The summed E-state index contributed by atoms with van der Waals surface area (Å²) in [6, 6.07) is -11.0. The van der Waals surface area contributed by atoms with Crippen LogP contribution < -0.4 is 10.1 Å². The van der Waals surface area contributed by atoms with Gasteiger partial charge in [0.1, 0.15) is 18.4 Å². The molecule has 8 heteroatoms. The number of imide groups is 1. The first-order valence-corrected chi connectivity index (χ1v) is 9.36. The number of nitrogens with one attached hydrogen (secondary N) is 1. The fourth-order valence-electron chi connectivity index (χ4n) is 3.05. The Hall–Kier alpha value is -3.23. The lowest BCUT2D eigenvalue weighted by Crippen LogP contribution is -2.52. The normalized spacial score (nSPS) is 38.9. The number of carbonyl (C=O) groups excluding carboxylic acids is 3. The second kappa shape index (κ2) is 9.33. The molecule has 1 atom stereocenters. The Morgan fingerprint density at radius 3 is 2.64 bits per heavy atom. The molecular formula is C25H27N3O5. The van der Waals surface area contributed by atoms with Gasteiger partial charge < -0.3 is 14.4 Å². The summed E-state index contributed by atoms with van der Waals surface area (Å²) < 4.78 is 185. The van der Waals surface area contributed by atoms with Crippen LogP contribution in [0, 0.1) is 0 Å². The maximum Gasteiger partial charge on any atom is 0.255 e. The molecule has 0 aliphatic carbocycles. The van der Waals surface area contributed by atoms with Crippen LogP contribution in [0.3, 0.4) is 0 Å². The van der Waals surface area contributed by atoms with E-state index in [1.54, 1.807) is 0 Å². The predicted octanol–water partition coefficient (Wildman–Crippen LogP) is 1.86. The van der Waals surface area contributed by atoms with Crippen LogP contribution in [0.15, 0.2) is 42.3 Å². The lowest BCUT2D eigenvalue weighted by atomic mass is 10.0. The minimum atomic E-state index is -3.97. The molecule has 3 aliphatic heterocycles. The fraction of sp³-hybridized carbons (Fsp3) is 0.400. The second-order valence-electron chi connectivity index (χ2n) is 6.64. The first-order chi connectivity index (χ1) is 24.2. The molecule has 0 bridgehead atoms. The molecule has 1 N–H and O–H groups in total. The fourth-order valence-corrected chi connectivity index (χ4v) is 3.05. The predicted molar refractivity (Wildman–Crippen MR) is 119 cm³/mol. The van der Waals surface area contributed by atoms with Crippen molar-refractivity contribution in [3.8, 4) is 5.75 Å². The standard InChI is InChI=1S/C25H27N3O5/c29-23-9-8-21(24(30)26-23)28-15-20-19(25(28)31)2-1-3-22(20)33-16-18-6-4-17(5-7-18)14-27-10-12-32-13-11-27/h1-7,21H,8-16H2,(H,26,29,30)/i1D,2D,3D,4D,5D,6D,7D,10D2,11D2,12D2,13D2,14D2,15D2,16D2. The molecule has 1 unspecified atom stereocenters. The van der Waals surface area contributed by atoms with Crippen molar-refractivity contribution in [2.75, 3.05) is 26.1 Å². The quantitative estimate of drug-likeness (QED) is 0.649. The zero-order valence-corrected chi connectivity index (χ0v) is 16.4. The minimum absolute atomic E-state index is 0.318. The zero-order valence-electron chi connectivity index (χ0n) is 37.4. The van der Waals surface area contributed by atoms with E-state index in [0.717, 1.165) is 0 Å². The third-order valence-corrected chi connectivity index (χ3v) is 4.55. The summed E-state index contributed by atoms with van der Waals surface area (Å²) in [7, 11) is 0. The second-order valence-corrected chi connectivity index (χ2v) is 6.64. The SMILES string of the molecule is [2H]c1c([2H])c(OC([2H])([2H])c2c([2H])c([2H])c(C([2H])([2H])N3C([2H])([2H])C([2H])([2H])OC([2H])([2H])C3([2H])[2H])c([2H])c2[2H])c2c(c1[2H])C(=O)N(C1CCC(=O)NC1=O)C2([2H])[2H]. The van der Waals surface area contributed by atoms with Gasteiger partial charge in [-0.05, 0) is 29.6 Å². The summed E-state index contributed by atoms with van der Waals surface area (Å²) in [5.74, 6) is -4.46. The molecule has 172 valence electrons. The molecule has 5 rings (SSSR count). The average Bonchev–Trinajstić information content (AvgIpc) is 3.20. The van der Waals surface area contributed by atoms with Gasteiger partial charge in [-0.25, -0.2) is 0 Å². The summed E-state index contributed by atoms with van der Waals surface area (Å²) in [6.45, 7) is -26.4. The van der Waals surface area contributed by atoms with E-state index in [2.05, 4.69) is 4.74 Å². The van der Waals surface area contributed by atoms with Crippen LogP contribution in [0.25, 0.3) is 0 Å². The van der Waals surface area contributed by atoms with Crippen molar-refractivity contribution < 1.29 is 52.6 Å². The van der Waals surface area contributed by atoms with Crippen LogP contribution in [0.4, 0.5) is 0 Å². The van der Waals surface area contributed by atoms with Gasteiger partial charge in [0.15, 0.2) is 0 Å². The molecule has 33 heavy (non-hydrogen) atoms. The van der Waals surface area contributed by atoms with Gasteiger partial charge in [0, 0.05) is 45.3 Å². The van der Waals surface area contributed by atoms with Crippen LogP contribution >= 0.6 is 0 Å². The number of piperidine rings is 1. The smallest absolute Gasteiger partial charge is 0.255 e. The first kappa shape index (κ1) is 8.21. The highest BCUT2D eigenvalue weighted by Gasteiger charge is 2.40. The molecule has 3 heterocycles. The van der Waals surface area contributed by atoms with Crippen molar-refractivity contribution in [3.63, 3.8) is 0 Å². The third-order valence-electron chi connectivity index (χ3n) is 4.55. The molecule has 2 fully saturated rings. The van der Waals surface area contributed by atoms with Crippen LogP contribution in [0.2, 0.25) is 0 Å².